The smallest absolute Gasteiger partial charge is 0.316 e. The first-order chi connectivity index (χ1) is 6.49. The van der Waals surface area contributed by atoms with Crippen LogP contribution >= 0.6 is 11.8 Å². The maximum absolute atomic E-state index is 10.7. The van der Waals surface area contributed by atoms with Gasteiger partial charge >= 0.3 is 5.97 Å². The first-order valence-corrected chi connectivity index (χ1v) is 6.10. The van der Waals surface area contributed by atoms with Crippen LogP contribution in [0.3, 0.4) is 0 Å². The van der Waals surface area contributed by atoms with Crippen molar-refractivity contribution >= 4 is 17.7 Å². The standard InChI is InChI=1S/C10H20O3S/c1-4-8(9(11)12)14-7-10(13,5-2)6-3/h8,13H,4-7H2,1-3H3,(H,11,12). The summed E-state index contributed by atoms with van der Waals surface area (Å²) in [6, 6.07) is 0. The van der Waals surface area contributed by atoms with Crippen molar-refractivity contribution in [1.29, 1.82) is 0 Å². The molecule has 0 saturated carbocycles. The molecule has 84 valence electrons. The molecular formula is C10H20O3S. The molecule has 3 nitrogen and oxygen atoms in total. The first-order valence-electron chi connectivity index (χ1n) is 5.05. The highest BCUT2D eigenvalue weighted by molar-refractivity contribution is 8.00. The van der Waals surface area contributed by atoms with E-state index in [1.807, 2.05) is 20.8 Å². The molecule has 0 spiro atoms. The van der Waals surface area contributed by atoms with Gasteiger partial charge in [-0.15, -0.1) is 11.8 Å². The molecule has 0 amide bonds. The van der Waals surface area contributed by atoms with Crippen LogP contribution in [0, 0.1) is 0 Å². The number of hydrogen-bond donors (Lipinski definition) is 2. The minimum Gasteiger partial charge on any atom is -0.480 e. The lowest BCUT2D eigenvalue weighted by molar-refractivity contribution is -0.136. The van der Waals surface area contributed by atoms with Crippen LogP contribution in [-0.4, -0.2) is 32.8 Å². The molecular weight excluding hydrogens is 200 g/mol. The van der Waals surface area contributed by atoms with E-state index in [2.05, 4.69) is 0 Å². The summed E-state index contributed by atoms with van der Waals surface area (Å²) >= 11 is 1.34. The third-order valence-electron chi connectivity index (χ3n) is 2.52. The Labute approximate surface area is 89.9 Å². The highest BCUT2D eigenvalue weighted by Gasteiger charge is 2.25. The van der Waals surface area contributed by atoms with Crippen LogP contribution < -0.4 is 0 Å². The maximum Gasteiger partial charge on any atom is 0.316 e. The topological polar surface area (TPSA) is 57.5 Å². The average Bonchev–Trinajstić information content (AvgIpc) is 2.18. The third-order valence-corrected chi connectivity index (χ3v) is 4.16. The van der Waals surface area contributed by atoms with Gasteiger partial charge in [0.2, 0.25) is 0 Å². The van der Waals surface area contributed by atoms with Crippen molar-refractivity contribution in [1.82, 2.24) is 0 Å². The summed E-state index contributed by atoms with van der Waals surface area (Å²) in [7, 11) is 0. The molecule has 1 unspecified atom stereocenters. The Morgan fingerprint density at radius 2 is 1.86 bits per heavy atom. The molecule has 0 aromatic carbocycles. The molecule has 0 saturated heterocycles. The van der Waals surface area contributed by atoms with Gasteiger partial charge in [-0.3, -0.25) is 4.79 Å². The Morgan fingerprint density at radius 1 is 1.36 bits per heavy atom. The van der Waals surface area contributed by atoms with E-state index in [4.69, 9.17) is 5.11 Å². The van der Waals surface area contributed by atoms with Gasteiger partial charge in [0.15, 0.2) is 0 Å². The number of carbonyl (C=O) groups is 1. The van der Waals surface area contributed by atoms with Crippen molar-refractivity contribution in [2.75, 3.05) is 5.75 Å². The van der Waals surface area contributed by atoms with Crippen molar-refractivity contribution in [3.05, 3.63) is 0 Å². The van der Waals surface area contributed by atoms with Gasteiger partial charge in [0.25, 0.3) is 0 Å². The van der Waals surface area contributed by atoms with Gasteiger partial charge in [-0.2, -0.15) is 0 Å². The summed E-state index contributed by atoms with van der Waals surface area (Å²) in [5, 5.41) is 18.4. The molecule has 2 N–H and O–H groups in total. The van der Waals surface area contributed by atoms with E-state index < -0.39 is 11.6 Å². The molecule has 0 aromatic rings. The van der Waals surface area contributed by atoms with Gasteiger partial charge in [-0.05, 0) is 19.3 Å². The van der Waals surface area contributed by atoms with Crippen LogP contribution in [0.4, 0.5) is 0 Å². The zero-order valence-electron chi connectivity index (χ0n) is 9.12. The van der Waals surface area contributed by atoms with Crippen molar-refractivity contribution in [3.63, 3.8) is 0 Å². The van der Waals surface area contributed by atoms with E-state index in [1.54, 1.807) is 0 Å². The fraction of sp³-hybridized carbons (Fsp3) is 0.900. The molecule has 0 heterocycles. The van der Waals surface area contributed by atoms with Gasteiger partial charge < -0.3 is 10.2 Å². The SMILES string of the molecule is CCC(SCC(O)(CC)CC)C(=O)O. The van der Waals surface area contributed by atoms with E-state index in [0.717, 1.165) is 0 Å². The zero-order chi connectivity index (χ0) is 11.2. The second-order valence-corrected chi connectivity index (χ2v) is 4.67. The summed E-state index contributed by atoms with van der Waals surface area (Å²) in [5.41, 5.74) is -0.701. The Bertz CT molecular complexity index is 178. The predicted molar refractivity (Wildman–Crippen MR) is 59.7 cm³/mol. The summed E-state index contributed by atoms with van der Waals surface area (Å²) in [6.07, 6.45) is 1.95. The highest BCUT2D eigenvalue weighted by Crippen LogP contribution is 2.25. The second-order valence-electron chi connectivity index (χ2n) is 3.48. The van der Waals surface area contributed by atoms with Crippen LogP contribution in [0.25, 0.3) is 0 Å². The van der Waals surface area contributed by atoms with E-state index in [9.17, 15) is 9.90 Å². The molecule has 0 aliphatic heterocycles. The summed E-state index contributed by atoms with van der Waals surface area (Å²) < 4.78 is 0. The van der Waals surface area contributed by atoms with Gasteiger partial charge in [0.1, 0.15) is 5.25 Å². The number of aliphatic hydroxyl groups is 1. The lowest BCUT2D eigenvalue weighted by atomic mass is 10.0. The quantitative estimate of drug-likeness (QED) is 0.690. The zero-order valence-corrected chi connectivity index (χ0v) is 9.93. The Kier molecular flexibility index (Phi) is 6.20. The van der Waals surface area contributed by atoms with Gasteiger partial charge in [0, 0.05) is 5.75 Å². The fourth-order valence-corrected chi connectivity index (χ4v) is 2.37. The van der Waals surface area contributed by atoms with Gasteiger partial charge in [0.05, 0.1) is 5.60 Å². The molecule has 1 atom stereocenters. The Balaban J connectivity index is 4.07. The first kappa shape index (κ1) is 13.8. The minimum atomic E-state index is -0.785. The van der Waals surface area contributed by atoms with E-state index in [-0.39, 0.29) is 5.25 Å². The van der Waals surface area contributed by atoms with Crippen LogP contribution in [0.15, 0.2) is 0 Å². The van der Waals surface area contributed by atoms with Crippen LogP contribution in [0.5, 0.6) is 0 Å². The number of aliphatic carboxylic acids is 1. The van der Waals surface area contributed by atoms with Gasteiger partial charge in [-0.1, -0.05) is 20.8 Å². The summed E-state index contributed by atoms with van der Waals surface area (Å²) in [6.45, 7) is 5.69. The van der Waals surface area contributed by atoms with E-state index >= 15 is 0 Å². The summed E-state index contributed by atoms with van der Waals surface area (Å²) in [5.74, 6) is -0.280. The molecule has 0 aromatic heterocycles. The van der Waals surface area contributed by atoms with Crippen molar-refractivity contribution in [3.8, 4) is 0 Å². The number of hydrogen-bond acceptors (Lipinski definition) is 3. The second kappa shape index (κ2) is 6.30. The number of rotatable bonds is 7. The minimum absolute atomic E-state index is 0.389. The largest absolute Gasteiger partial charge is 0.480 e. The van der Waals surface area contributed by atoms with Crippen molar-refractivity contribution < 1.29 is 15.0 Å². The number of thioether (sulfide) groups is 1. The molecule has 0 rings (SSSR count). The Morgan fingerprint density at radius 3 is 2.14 bits per heavy atom. The molecule has 0 aliphatic rings. The number of carboxylic acids is 1. The molecule has 0 aliphatic carbocycles. The number of carboxylic acid groups (broad SMARTS) is 1. The van der Waals surface area contributed by atoms with Gasteiger partial charge in [-0.25, -0.2) is 0 Å². The van der Waals surface area contributed by atoms with E-state index in [1.165, 1.54) is 11.8 Å². The lowest BCUT2D eigenvalue weighted by Crippen LogP contribution is -2.31. The molecule has 0 bridgehead atoms. The monoisotopic (exact) mass is 220 g/mol. The maximum atomic E-state index is 10.7. The summed E-state index contributed by atoms with van der Waals surface area (Å²) in [4.78, 5) is 10.7. The predicted octanol–water partition coefficient (Wildman–Crippen LogP) is 2.13. The van der Waals surface area contributed by atoms with Crippen LogP contribution in [-0.2, 0) is 4.79 Å². The molecule has 0 fully saturated rings. The normalized spacial score (nSPS) is 14.0. The molecule has 4 heteroatoms. The van der Waals surface area contributed by atoms with Crippen molar-refractivity contribution in [2.45, 2.75) is 50.9 Å². The van der Waals surface area contributed by atoms with Crippen LogP contribution in [0.2, 0.25) is 0 Å². The molecule has 0 radical (unpaired) electrons. The van der Waals surface area contributed by atoms with Crippen LogP contribution in [0.1, 0.15) is 40.0 Å². The highest BCUT2D eigenvalue weighted by atomic mass is 32.2. The average molecular weight is 220 g/mol. The molecule has 14 heavy (non-hydrogen) atoms. The fourth-order valence-electron chi connectivity index (χ4n) is 1.07. The Hall–Kier alpha value is -0.220. The van der Waals surface area contributed by atoms with Crippen molar-refractivity contribution in [2.24, 2.45) is 0 Å². The lowest BCUT2D eigenvalue weighted by Gasteiger charge is -2.25. The van der Waals surface area contributed by atoms with E-state index in [0.29, 0.717) is 25.0 Å². The third kappa shape index (κ3) is 4.33.